The van der Waals surface area contributed by atoms with Gasteiger partial charge in [0, 0.05) is 19.7 Å². The van der Waals surface area contributed by atoms with Gasteiger partial charge in [0.2, 0.25) is 0 Å². The van der Waals surface area contributed by atoms with Crippen LogP contribution in [0.3, 0.4) is 0 Å². The molecule has 5 heteroatoms. The Hall–Kier alpha value is -0.810. The molecule has 0 aromatic heterocycles. The Morgan fingerprint density at radius 3 is 2.71 bits per heavy atom. The molecule has 0 saturated carbocycles. The molecule has 0 aromatic carbocycles. The van der Waals surface area contributed by atoms with Crippen molar-refractivity contribution in [3.63, 3.8) is 0 Å². The van der Waals surface area contributed by atoms with Crippen LogP contribution in [-0.2, 0) is 4.74 Å². The number of nitrogens with one attached hydrogen (secondary N) is 2. The van der Waals surface area contributed by atoms with Crippen LogP contribution in [0.4, 0.5) is 0 Å². The molecule has 1 unspecified atom stereocenters. The van der Waals surface area contributed by atoms with E-state index in [1.54, 1.807) is 0 Å². The molecule has 5 nitrogen and oxygen atoms in total. The first-order valence-corrected chi connectivity index (χ1v) is 8.46. The number of aliphatic imine (C=N–C) groups is 1. The molecule has 0 radical (unpaired) electrons. The summed E-state index contributed by atoms with van der Waals surface area (Å²) in [4.78, 5) is 7.14. The Bertz CT molecular complexity index is 331. The van der Waals surface area contributed by atoms with E-state index in [1.165, 1.54) is 25.9 Å². The molecular weight excluding hydrogens is 264 g/mol. The minimum Gasteiger partial charge on any atom is -0.373 e. The third-order valence-electron chi connectivity index (χ3n) is 4.61. The Morgan fingerprint density at radius 1 is 1.33 bits per heavy atom. The van der Waals surface area contributed by atoms with E-state index >= 15 is 0 Å². The molecule has 0 spiro atoms. The van der Waals surface area contributed by atoms with E-state index in [9.17, 15) is 0 Å². The smallest absolute Gasteiger partial charge is 0.191 e. The summed E-state index contributed by atoms with van der Waals surface area (Å²) < 4.78 is 5.81. The number of hydrogen-bond donors (Lipinski definition) is 2. The normalized spacial score (nSPS) is 28.8. The number of likely N-dealkylation sites (tertiary alicyclic amines) is 1. The second kappa shape index (κ2) is 7.99. The van der Waals surface area contributed by atoms with Crippen LogP contribution in [0.25, 0.3) is 0 Å². The van der Waals surface area contributed by atoms with E-state index in [2.05, 4.69) is 36.4 Å². The maximum atomic E-state index is 5.81. The van der Waals surface area contributed by atoms with Gasteiger partial charge >= 0.3 is 0 Å². The molecule has 0 aromatic rings. The standard InChI is InChI=1S/C16H32N4O/c1-4-17-15(19-13-16(2)8-5-11-21-16)18-12-14-6-9-20(3)10-7-14/h14H,4-13H2,1-3H3,(H2,17,18,19). The van der Waals surface area contributed by atoms with Crippen molar-refractivity contribution < 1.29 is 4.74 Å². The fourth-order valence-electron chi connectivity index (χ4n) is 3.06. The van der Waals surface area contributed by atoms with Crippen LogP contribution in [0, 0.1) is 5.92 Å². The van der Waals surface area contributed by atoms with Crippen molar-refractivity contribution in [3.05, 3.63) is 0 Å². The molecule has 21 heavy (non-hydrogen) atoms. The molecular formula is C16H32N4O. The summed E-state index contributed by atoms with van der Waals surface area (Å²) >= 11 is 0. The van der Waals surface area contributed by atoms with Crippen molar-refractivity contribution >= 4 is 5.96 Å². The first-order chi connectivity index (χ1) is 10.1. The number of ether oxygens (including phenoxy) is 1. The van der Waals surface area contributed by atoms with Crippen molar-refractivity contribution in [2.45, 2.75) is 45.1 Å². The number of hydrogen-bond acceptors (Lipinski definition) is 3. The highest BCUT2D eigenvalue weighted by Crippen LogP contribution is 2.25. The quantitative estimate of drug-likeness (QED) is 0.595. The fourth-order valence-corrected chi connectivity index (χ4v) is 3.06. The van der Waals surface area contributed by atoms with Gasteiger partial charge in [-0.05, 0) is 65.6 Å². The molecule has 2 N–H and O–H groups in total. The largest absolute Gasteiger partial charge is 0.373 e. The van der Waals surface area contributed by atoms with Gasteiger partial charge < -0.3 is 20.3 Å². The van der Waals surface area contributed by atoms with Gasteiger partial charge in [-0.1, -0.05) is 0 Å². The molecule has 0 aliphatic carbocycles. The lowest BCUT2D eigenvalue weighted by atomic mass is 9.97. The first-order valence-electron chi connectivity index (χ1n) is 8.46. The molecule has 0 amide bonds. The van der Waals surface area contributed by atoms with E-state index in [0.717, 1.165) is 51.0 Å². The maximum absolute atomic E-state index is 5.81. The Labute approximate surface area is 129 Å². The van der Waals surface area contributed by atoms with E-state index in [0.29, 0.717) is 0 Å². The lowest BCUT2D eigenvalue weighted by Crippen LogP contribution is -2.43. The van der Waals surface area contributed by atoms with Gasteiger partial charge in [-0.15, -0.1) is 0 Å². The highest BCUT2D eigenvalue weighted by molar-refractivity contribution is 5.79. The van der Waals surface area contributed by atoms with Crippen molar-refractivity contribution in [1.82, 2.24) is 15.5 Å². The van der Waals surface area contributed by atoms with Gasteiger partial charge in [0.05, 0.1) is 12.1 Å². The van der Waals surface area contributed by atoms with Gasteiger partial charge in [0.1, 0.15) is 0 Å². The average molecular weight is 296 g/mol. The topological polar surface area (TPSA) is 48.9 Å². The van der Waals surface area contributed by atoms with E-state index in [4.69, 9.17) is 9.73 Å². The van der Waals surface area contributed by atoms with Gasteiger partial charge in [0.25, 0.3) is 0 Å². The summed E-state index contributed by atoms with van der Waals surface area (Å²) in [5, 5.41) is 6.86. The van der Waals surface area contributed by atoms with Gasteiger partial charge in [0.15, 0.2) is 5.96 Å². The van der Waals surface area contributed by atoms with Crippen LogP contribution in [0.15, 0.2) is 4.99 Å². The van der Waals surface area contributed by atoms with Crippen LogP contribution >= 0.6 is 0 Å². The average Bonchev–Trinajstić information content (AvgIpc) is 2.91. The SMILES string of the molecule is CCNC(=NCC1(C)CCCO1)NCC1CCN(C)CC1. The van der Waals surface area contributed by atoms with E-state index < -0.39 is 0 Å². The van der Waals surface area contributed by atoms with Crippen molar-refractivity contribution in [3.8, 4) is 0 Å². The van der Waals surface area contributed by atoms with Crippen LogP contribution in [0.1, 0.15) is 39.5 Å². The van der Waals surface area contributed by atoms with Crippen molar-refractivity contribution in [2.75, 3.05) is 46.4 Å². The van der Waals surface area contributed by atoms with Crippen LogP contribution in [0.2, 0.25) is 0 Å². The van der Waals surface area contributed by atoms with Crippen LogP contribution in [0.5, 0.6) is 0 Å². The number of nitrogens with zero attached hydrogens (tertiary/aromatic N) is 2. The fraction of sp³-hybridized carbons (Fsp3) is 0.938. The van der Waals surface area contributed by atoms with E-state index in [-0.39, 0.29) is 5.60 Å². The van der Waals surface area contributed by atoms with Crippen LogP contribution < -0.4 is 10.6 Å². The molecule has 2 aliphatic rings. The zero-order valence-corrected chi connectivity index (χ0v) is 14.0. The first kappa shape index (κ1) is 16.6. The van der Waals surface area contributed by atoms with Gasteiger partial charge in [-0.2, -0.15) is 0 Å². The Morgan fingerprint density at radius 2 is 2.10 bits per heavy atom. The highest BCUT2D eigenvalue weighted by Gasteiger charge is 2.29. The third kappa shape index (κ3) is 5.47. The molecule has 122 valence electrons. The minimum absolute atomic E-state index is 0.0596. The minimum atomic E-state index is -0.0596. The van der Waals surface area contributed by atoms with Crippen molar-refractivity contribution in [1.29, 1.82) is 0 Å². The predicted molar refractivity (Wildman–Crippen MR) is 87.8 cm³/mol. The second-order valence-corrected chi connectivity index (χ2v) is 6.72. The van der Waals surface area contributed by atoms with Gasteiger partial charge in [-0.3, -0.25) is 4.99 Å². The third-order valence-corrected chi connectivity index (χ3v) is 4.61. The molecule has 2 heterocycles. The summed E-state index contributed by atoms with van der Waals surface area (Å²) in [6.07, 6.45) is 4.84. The summed E-state index contributed by atoms with van der Waals surface area (Å²) in [6, 6.07) is 0. The highest BCUT2D eigenvalue weighted by atomic mass is 16.5. The Kier molecular flexibility index (Phi) is 6.30. The number of guanidine groups is 1. The summed E-state index contributed by atoms with van der Waals surface area (Å²) in [5.41, 5.74) is -0.0596. The molecule has 2 saturated heterocycles. The molecule has 2 rings (SSSR count). The number of piperidine rings is 1. The lowest BCUT2D eigenvalue weighted by Gasteiger charge is -2.29. The maximum Gasteiger partial charge on any atom is 0.191 e. The molecule has 2 fully saturated rings. The zero-order chi connectivity index (χ0) is 15.1. The second-order valence-electron chi connectivity index (χ2n) is 6.72. The Balaban J connectivity index is 1.78. The summed E-state index contributed by atoms with van der Waals surface area (Å²) in [5.74, 6) is 1.71. The molecule has 2 aliphatic heterocycles. The zero-order valence-electron chi connectivity index (χ0n) is 14.0. The summed E-state index contributed by atoms with van der Waals surface area (Å²) in [7, 11) is 2.21. The molecule has 1 atom stereocenters. The summed E-state index contributed by atoms with van der Waals surface area (Å²) in [6.45, 7) is 10.3. The monoisotopic (exact) mass is 296 g/mol. The predicted octanol–water partition coefficient (Wildman–Crippen LogP) is 1.45. The van der Waals surface area contributed by atoms with Gasteiger partial charge in [-0.25, -0.2) is 0 Å². The lowest BCUT2D eigenvalue weighted by molar-refractivity contribution is 0.0283. The van der Waals surface area contributed by atoms with Crippen LogP contribution in [-0.4, -0.2) is 62.8 Å². The number of rotatable bonds is 5. The molecule has 0 bridgehead atoms. The van der Waals surface area contributed by atoms with Crippen molar-refractivity contribution in [2.24, 2.45) is 10.9 Å². The van der Waals surface area contributed by atoms with E-state index in [1.807, 2.05) is 0 Å².